The maximum Gasteiger partial charge on any atom is 0.253 e. The van der Waals surface area contributed by atoms with E-state index in [0.717, 1.165) is 29.9 Å². The Hall–Kier alpha value is -3.16. The average molecular weight is 578 g/mol. The summed E-state index contributed by atoms with van der Waals surface area (Å²) in [6.07, 6.45) is 7.27. The van der Waals surface area contributed by atoms with E-state index in [2.05, 4.69) is 21.3 Å². The Morgan fingerprint density at radius 3 is 1.88 bits per heavy atom. The van der Waals surface area contributed by atoms with Crippen molar-refractivity contribution in [3.05, 3.63) is 12.2 Å². The normalized spacial score (nSPS) is 14.8. The highest BCUT2D eigenvalue weighted by molar-refractivity contribution is 7.99. The van der Waals surface area contributed by atoms with E-state index in [9.17, 15) is 33.6 Å². The Bertz CT molecular complexity index is 944. The van der Waals surface area contributed by atoms with Gasteiger partial charge in [0.05, 0.1) is 11.6 Å². The van der Waals surface area contributed by atoms with Crippen molar-refractivity contribution in [2.45, 2.75) is 90.3 Å². The molecule has 1 aliphatic heterocycles. The van der Waals surface area contributed by atoms with E-state index in [4.69, 9.17) is 7.85 Å². The van der Waals surface area contributed by atoms with E-state index in [-0.39, 0.29) is 35.7 Å². The van der Waals surface area contributed by atoms with Crippen LogP contribution in [0.15, 0.2) is 12.2 Å². The van der Waals surface area contributed by atoms with Crippen molar-refractivity contribution in [1.82, 2.24) is 26.2 Å². The minimum atomic E-state index is -0.928. The Morgan fingerprint density at radius 1 is 0.750 bits per heavy atom. The van der Waals surface area contributed by atoms with Crippen molar-refractivity contribution < 1.29 is 33.6 Å². The van der Waals surface area contributed by atoms with Gasteiger partial charge in [-0.05, 0) is 58.6 Å². The Labute approximate surface area is 241 Å². The van der Waals surface area contributed by atoms with E-state index in [1.54, 1.807) is 0 Å². The first-order chi connectivity index (χ1) is 18.9. The molecule has 0 bridgehead atoms. The maximum absolute atomic E-state index is 12.4. The van der Waals surface area contributed by atoms with Crippen molar-refractivity contribution in [3.63, 3.8) is 0 Å². The number of unbranched alkanes of at least 4 members (excludes halogenated alkanes) is 4. The summed E-state index contributed by atoms with van der Waals surface area (Å²) in [5, 5.41) is 10.4. The van der Waals surface area contributed by atoms with Gasteiger partial charge in [0.2, 0.25) is 23.6 Å². The summed E-state index contributed by atoms with van der Waals surface area (Å²) in [4.78, 5) is 84.1. The number of thioether (sulfide) groups is 1. The zero-order chi connectivity index (χ0) is 30.1. The molecule has 3 atom stereocenters. The minimum Gasteiger partial charge on any atom is -0.345 e. The summed E-state index contributed by atoms with van der Waals surface area (Å²) in [5.74, 6) is -1.24. The Kier molecular flexibility index (Phi) is 16.6. The fraction of sp³-hybridized carbons (Fsp3) is 0.654. The molecule has 6 amide bonds. The average Bonchev–Trinajstić information content (AvgIpc) is 3.21. The lowest BCUT2D eigenvalue weighted by molar-refractivity contribution is -0.137. The van der Waals surface area contributed by atoms with Crippen LogP contribution >= 0.6 is 11.8 Å². The fourth-order valence-electron chi connectivity index (χ4n) is 3.60. The second kappa shape index (κ2) is 19.0. The molecule has 0 aromatic heterocycles. The molecule has 0 fully saturated rings. The summed E-state index contributed by atoms with van der Waals surface area (Å²) >= 11 is 1.53. The molecule has 0 saturated carbocycles. The van der Waals surface area contributed by atoms with Gasteiger partial charge in [-0.3, -0.25) is 33.7 Å². The van der Waals surface area contributed by atoms with E-state index in [1.165, 1.54) is 44.7 Å². The van der Waals surface area contributed by atoms with Gasteiger partial charge in [-0.25, -0.2) is 0 Å². The maximum atomic E-state index is 12.4. The number of carbonyl (C=O) groups is 7. The van der Waals surface area contributed by atoms with Crippen LogP contribution in [0.1, 0.15) is 72.1 Å². The molecular formula is C26H40BN5O7S. The predicted octanol–water partition coefficient (Wildman–Crippen LogP) is 0.0483. The summed E-state index contributed by atoms with van der Waals surface area (Å²) in [5.41, 5.74) is -0.308. The topological polar surface area (TPSA) is 171 Å². The van der Waals surface area contributed by atoms with Crippen LogP contribution in [0.25, 0.3) is 0 Å². The summed E-state index contributed by atoms with van der Waals surface area (Å²) in [6, 6.07) is -2.61. The first-order valence-corrected chi connectivity index (χ1v) is 14.6. The van der Waals surface area contributed by atoms with Gasteiger partial charge in [-0.1, -0.05) is 12.8 Å². The second-order valence-electron chi connectivity index (χ2n) is 9.59. The van der Waals surface area contributed by atoms with Gasteiger partial charge in [-0.15, -0.1) is 11.8 Å². The van der Waals surface area contributed by atoms with Crippen LogP contribution in [0, 0.1) is 0 Å². The van der Waals surface area contributed by atoms with E-state index in [1.807, 2.05) is 0 Å². The van der Waals surface area contributed by atoms with Crippen molar-refractivity contribution >= 4 is 60.7 Å². The lowest BCUT2D eigenvalue weighted by Gasteiger charge is -2.20. The molecule has 2 radical (unpaired) electrons. The lowest BCUT2D eigenvalue weighted by atomic mass is 9.97. The number of amides is 6. The van der Waals surface area contributed by atoms with Gasteiger partial charge in [0.15, 0.2) is 7.85 Å². The molecule has 0 aromatic carbocycles. The summed E-state index contributed by atoms with van der Waals surface area (Å²) in [7, 11) is 5.09. The SMILES string of the molecule is [B]C(=O)CCCCCSCNC(=O)C(C)NC(=O)C(C)NC(=O)C(C)NC(=O)CCCCCN1C(=O)C=CC1=O. The predicted molar refractivity (Wildman–Crippen MR) is 152 cm³/mol. The molecule has 0 aliphatic carbocycles. The highest BCUT2D eigenvalue weighted by Gasteiger charge is 2.24. The van der Waals surface area contributed by atoms with Gasteiger partial charge < -0.3 is 26.1 Å². The van der Waals surface area contributed by atoms with Gasteiger partial charge in [0, 0.05) is 25.1 Å². The monoisotopic (exact) mass is 577 g/mol. The number of nitrogens with one attached hydrogen (secondary N) is 4. The Morgan fingerprint density at radius 2 is 1.27 bits per heavy atom. The first-order valence-electron chi connectivity index (χ1n) is 13.5. The number of hydrogen-bond donors (Lipinski definition) is 4. The van der Waals surface area contributed by atoms with E-state index < -0.39 is 29.9 Å². The van der Waals surface area contributed by atoms with Crippen LogP contribution in [-0.4, -0.2) is 90.2 Å². The molecule has 40 heavy (non-hydrogen) atoms. The van der Waals surface area contributed by atoms with Crippen LogP contribution in [0.3, 0.4) is 0 Å². The number of nitrogens with zero attached hydrogens (tertiary/aromatic N) is 1. The molecule has 0 saturated heterocycles. The van der Waals surface area contributed by atoms with Crippen molar-refractivity contribution in [1.29, 1.82) is 0 Å². The molecule has 4 N–H and O–H groups in total. The van der Waals surface area contributed by atoms with Crippen molar-refractivity contribution in [2.24, 2.45) is 0 Å². The standard InChI is InChI=1S/C26H40BN5O7S/c1-17(24(37)28-16-40-15-9-5-6-10-20(27)33)30-26(39)19(3)31-25(38)18(2)29-21(34)11-7-4-8-14-32-22(35)12-13-23(32)36/h12-13,17-19H,4-11,14-16H2,1-3H3,(H,28,37)(H,29,34)(H,30,39)(H,31,38). The van der Waals surface area contributed by atoms with Gasteiger partial charge in [-0.2, -0.15) is 0 Å². The molecule has 1 rings (SSSR count). The van der Waals surface area contributed by atoms with Gasteiger partial charge in [0.25, 0.3) is 11.8 Å². The second-order valence-corrected chi connectivity index (χ2v) is 10.7. The van der Waals surface area contributed by atoms with Crippen LogP contribution in [0.5, 0.6) is 0 Å². The number of carbonyl (C=O) groups excluding carboxylic acids is 7. The number of rotatable bonds is 20. The highest BCUT2D eigenvalue weighted by Crippen LogP contribution is 2.08. The molecular weight excluding hydrogens is 537 g/mol. The molecule has 0 aromatic rings. The number of imide groups is 1. The van der Waals surface area contributed by atoms with E-state index >= 15 is 0 Å². The van der Waals surface area contributed by atoms with E-state index in [0.29, 0.717) is 38.1 Å². The minimum absolute atomic E-state index is 0.175. The molecule has 1 aliphatic rings. The first kappa shape index (κ1) is 34.9. The van der Waals surface area contributed by atoms with Gasteiger partial charge in [0.1, 0.15) is 18.1 Å². The summed E-state index contributed by atoms with van der Waals surface area (Å²) < 4.78 is 0. The third-order valence-electron chi connectivity index (χ3n) is 6.02. The molecule has 3 unspecified atom stereocenters. The molecule has 0 spiro atoms. The number of hydrogen-bond acceptors (Lipinski definition) is 8. The fourth-order valence-corrected chi connectivity index (χ4v) is 4.40. The van der Waals surface area contributed by atoms with Crippen molar-refractivity contribution in [3.8, 4) is 0 Å². The highest BCUT2D eigenvalue weighted by atomic mass is 32.2. The zero-order valence-corrected chi connectivity index (χ0v) is 24.3. The molecule has 1 heterocycles. The molecule has 14 heteroatoms. The smallest absolute Gasteiger partial charge is 0.253 e. The molecule has 220 valence electrons. The van der Waals surface area contributed by atoms with Crippen LogP contribution in [0.4, 0.5) is 0 Å². The van der Waals surface area contributed by atoms with Crippen molar-refractivity contribution in [2.75, 3.05) is 18.2 Å². The quantitative estimate of drug-likeness (QED) is 0.0681. The third kappa shape index (κ3) is 14.3. The van der Waals surface area contributed by atoms with Gasteiger partial charge >= 0.3 is 0 Å². The Balaban J connectivity index is 2.19. The summed E-state index contributed by atoms with van der Waals surface area (Å²) in [6.45, 7) is 4.81. The third-order valence-corrected chi connectivity index (χ3v) is 6.95. The van der Waals surface area contributed by atoms with Crippen LogP contribution < -0.4 is 21.3 Å². The lowest BCUT2D eigenvalue weighted by Crippen LogP contribution is -2.54. The zero-order valence-electron chi connectivity index (χ0n) is 23.5. The molecule has 12 nitrogen and oxygen atoms in total. The van der Waals surface area contributed by atoms with Crippen LogP contribution in [0.2, 0.25) is 0 Å². The van der Waals surface area contributed by atoms with Crippen LogP contribution in [-0.2, 0) is 33.6 Å². The largest absolute Gasteiger partial charge is 0.345 e.